The number of likely N-dealkylation sites (tertiary alicyclic amines) is 1. The minimum Gasteiger partial charge on any atom is -0.481 e. The number of halogens is 1. The van der Waals surface area contributed by atoms with E-state index in [0.29, 0.717) is 22.8 Å². The highest BCUT2D eigenvalue weighted by atomic mass is 35.5. The summed E-state index contributed by atoms with van der Waals surface area (Å²) in [5, 5.41) is 10.6. The monoisotopic (exact) mass is 487 g/mol. The van der Waals surface area contributed by atoms with E-state index in [0.717, 1.165) is 47.8 Å². The number of carbonyl (C=O) groups excluding carboxylic acids is 1. The van der Waals surface area contributed by atoms with Crippen LogP contribution in [0.1, 0.15) is 36.0 Å². The van der Waals surface area contributed by atoms with Crippen LogP contribution in [0.4, 0.5) is 0 Å². The number of carbonyl (C=O) groups is 2. The molecule has 0 radical (unpaired) electrons. The number of thiocarbonyl (C=S) groups is 1. The minimum absolute atomic E-state index is 0.0413. The van der Waals surface area contributed by atoms with Gasteiger partial charge >= 0.3 is 5.97 Å². The second-order valence-corrected chi connectivity index (χ2v) is 10.6. The Hall–Kier alpha value is -1.89. The summed E-state index contributed by atoms with van der Waals surface area (Å²) in [6, 6.07) is 15.0. The van der Waals surface area contributed by atoms with Gasteiger partial charge in [0.05, 0.1) is 5.92 Å². The highest BCUT2D eigenvalue weighted by molar-refractivity contribution is 8.22. The highest BCUT2D eigenvalue weighted by Gasteiger charge is 2.44. The third-order valence-electron chi connectivity index (χ3n) is 6.54. The molecular weight excluding hydrogens is 462 g/mol. The van der Waals surface area contributed by atoms with Crippen LogP contribution in [-0.2, 0) is 4.79 Å². The van der Waals surface area contributed by atoms with E-state index < -0.39 is 17.8 Å². The first-order chi connectivity index (χ1) is 15.4. The van der Waals surface area contributed by atoms with Gasteiger partial charge < -0.3 is 10.0 Å². The van der Waals surface area contributed by atoms with Crippen LogP contribution < -0.4 is 0 Å². The van der Waals surface area contributed by atoms with Gasteiger partial charge in [-0.2, -0.15) is 0 Å². The van der Waals surface area contributed by atoms with Crippen LogP contribution >= 0.6 is 35.6 Å². The molecule has 4 nitrogen and oxygen atoms in total. The van der Waals surface area contributed by atoms with Gasteiger partial charge in [-0.25, -0.2) is 0 Å². The maximum absolute atomic E-state index is 13.2. The Morgan fingerprint density at radius 1 is 1.00 bits per heavy atom. The van der Waals surface area contributed by atoms with Gasteiger partial charge in [-0.3, -0.25) is 9.59 Å². The van der Waals surface area contributed by atoms with Gasteiger partial charge in [-0.15, -0.1) is 0 Å². The van der Waals surface area contributed by atoms with Crippen molar-refractivity contribution in [3.8, 4) is 11.1 Å². The molecule has 2 aliphatic rings. The van der Waals surface area contributed by atoms with E-state index in [1.54, 1.807) is 23.9 Å². The number of carboxylic acids is 1. The molecule has 32 heavy (non-hydrogen) atoms. The number of nitrogens with zero attached hydrogens (tertiary/aromatic N) is 1. The second-order valence-electron chi connectivity index (χ2n) is 8.53. The fraction of sp³-hybridized carbons (Fsp3) is 0.400. The summed E-state index contributed by atoms with van der Waals surface area (Å²) in [6.45, 7) is 1.98. The zero-order chi connectivity index (χ0) is 22.7. The number of hydrogen-bond donors (Lipinski definition) is 1. The van der Waals surface area contributed by atoms with Crippen LogP contribution in [0.15, 0.2) is 48.5 Å². The Balaban J connectivity index is 1.42. The first kappa shape index (κ1) is 23.3. The van der Waals surface area contributed by atoms with Crippen LogP contribution in [0.2, 0.25) is 5.02 Å². The molecule has 1 aliphatic carbocycles. The normalized spacial score (nSPS) is 22.8. The minimum atomic E-state index is -0.878. The Labute approximate surface area is 203 Å². The van der Waals surface area contributed by atoms with Crippen LogP contribution in [0.25, 0.3) is 11.1 Å². The van der Waals surface area contributed by atoms with Gasteiger partial charge in [0.15, 0.2) is 5.78 Å². The highest BCUT2D eigenvalue weighted by Crippen LogP contribution is 2.41. The summed E-state index contributed by atoms with van der Waals surface area (Å²) < 4.78 is 0.860. The quantitative estimate of drug-likeness (QED) is 0.396. The zero-order valence-electron chi connectivity index (χ0n) is 17.7. The average Bonchev–Trinajstić information content (AvgIpc) is 3.48. The van der Waals surface area contributed by atoms with Crippen LogP contribution in [0.3, 0.4) is 0 Å². The van der Waals surface area contributed by atoms with Gasteiger partial charge in [0.1, 0.15) is 4.32 Å². The molecular formula is C25H26ClNO3S2. The van der Waals surface area contributed by atoms with Gasteiger partial charge in [-0.05, 0) is 54.9 Å². The van der Waals surface area contributed by atoms with E-state index in [1.165, 1.54) is 0 Å². The molecule has 1 N–H and O–H groups in total. The Morgan fingerprint density at radius 2 is 1.59 bits per heavy atom. The molecule has 1 saturated heterocycles. The Bertz CT molecular complexity index is 987. The van der Waals surface area contributed by atoms with Crippen molar-refractivity contribution >= 4 is 51.7 Å². The molecule has 168 valence electrons. The molecule has 1 saturated carbocycles. The van der Waals surface area contributed by atoms with Gasteiger partial charge in [-0.1, -0.05) is 72.0 Å². The Kier molecular flexibility index (Phi) is 7.54. The number of aliphatic carboxylic acids is 1. The first-order valence-corrected chi connectivity index (χ1v) is 12.8. The number of thioether (sulfide) groups is 1. The molecule has 4 rings (SSSR count). The lowest BCUT2D eigenvalue weighted by molar-refractivity contribution is -0.143. The van der Waals surface area contributed by atoms with E-state index in [9.17, 15) is 14.7 Å². The lowest BCUT2D eigenvalue weighted by Crippen LogP contribution is -2.31. The van der Waals surface area contributed by atoms with Crippen LogP contribution in [-0.4, -0.2) is 44.9 Å². The predicted octanol–water partition coefficient (Wildman–Crippen LogP) is 6.03. The molecule has 1 heterocycles. The molecule has 3 atom stereocenters. The number of carboxylic acid groups (broad SMARTS) is 1. The van der Waals surface area contributed by atoms with Gasteiger partial charge in [0.2, 0.25) is 0 Å². The molecule has 2 aromatic rings. The summed E-state index contributed by atoms with van der Waals surface area (Å²) in [6.07, 6.45) is 3.67. The fourth-order valence-electron chi connectivity index (χ4n) is 4.79. The largest absolute Gasteiger partial charge is 0.481 e. The molecule has 0 spiro atoms. The third-order valence-corrected chi connectivity index (χ3v) is 8.51. The lowest BCUT2D eigenvalue weighted by Gasteiger charge is -2.22. The van der Waals surface area contributed by atoms with E-state index in [-0.39, 0.29) is 11.7 Å². The molecule has 0 amide bonds. The lowest BCUT2D eigenvalue weighted by atomic mass is 9.85. The summed E-state index contributed by atoms with van der Waals surface area (Å²) in [4.78, 5) is 27.5. The molecule has 0 bridgehead atoms. The van der Waals surface area contributed by atoms with Gasteiger partial charge in [0.25, 0.3) is 0 Å². The zero-order valence-corrected chi connectivity index (χ0v) is 20.1. The van der Waals surface area contributed by atoms with E-state index in [2.05, 4.69) is 4.90 Å². The van der Waals surface area contributed by atoms with Crippen molar-refractivity contribution in [3.05, 3.63) is 59.1 Å². The average molecular weight is 488 g/mol. The molecule has 2 fully saturated rings. The van der Waals surface area contributed by atoms with E-state index in [1.807, 2.05) is 36.4 Å². The van der Waals surface area contributed by atoms with Crippen molar-refractivity contribution in [2.45, 2.75) is 25.7 Å². The molecule has 0 aromatic heterocycles. The molecule has 2 unspecified atom stereocenters. The Morgan fingerprint density at radius 3 is 2.19 bits per heavy atom. The number of hydrogen-bond acceptors (Lipinski definition) is 4. The van der Waals surface area contributed by atoms with Crippen molar-refractivity contribution in [3.63, 3.8) is 0 Å². The van der Waals surface area contributed by atoms with Crippen molar-refractivity contribution in [1.29, 1.82) is 0 Å². The van der Waals surface area contributed by atoms with E-state index >= 15 is 0 Å². The summed E-state index contributed by atoms with van der Waals surface area (Å²) in [5.74, 6) is -1.48. The fourth-order valence-corrected chi connectivity index (χ4v) is 6.40. The van der Waals surface area contributed by atoms with Crippen LogP contribution in [0, 0.1) is 17.8 Å². The van der Waals surface area contributed by atoms with Crippen molar-refractivity contribution in [1.82, 2.24) is 4.90 Å². The van der Waals surface area contributed by atoms with Crippen molar-refractivity contribution in [2.75, 3.05) is 18.8 Å². The first-order valence-electron chi connectivity index (χ1n) is 11.0. The molecule has 1 aliphatic heterocycles. The molecule has 2 aromatic carbocycles. The SMILES string of the molecule is O=C(c1ccc(-c2ccc(Cl)cc2)cc1)C1CC[C@@H](CSC(=S)N2CCCC2)C1C(=O)O. The second kappa shape index (κ2) is 10.4. The number of benzene rings is 2. The summed E-state index contributed by atoms with van der Waals surface area (Å²) in [7, 11) is 0. The maximum Gasteiger partial charge on any atom is 0.307 e. The number of rotatable bonds is 6. The number of ketones is 1. The third kappa shape index (κ3) is 5.19. The molecule has 7 heteroatoms. The van der Waals surface area contributed by atoms with Crippen LogP contribution in [0.5, 0.6) is 0 Å². The summed E-state index contributed by atoms with van der Waals surface area (Å²) in [5.41, 5.74) is 2.58. The van der Waals surface area contributed by atoms with E-state index in [4.69, 9.17) is 23.8 Å². The van der Waals surface area contributed by atoms with Gasteiger partial charge in [0, 0.05) is 35.3 Å². The smallest absolute Gasteiger partial charge is 0.307 e. The van der Waals surface area contributed by atoms with Crippen molar-refractivity contribution < 1.29 is 14.7 Å². The topological polar surface area (TPSA) is 57.6 Å². The predicted molar refractivity (Wildman–Crippen MR) is 134 cm³/mol. The summed E-state index contributed by atoms with van der Waals surface area (Å²) >= 11 is 13.1. The standard InChI is InChI=1S/C25H26ClNO3S2/c26-20-10-7-17(8-11-20)16-3-5-18(6-4-16)23(28)21-12-9-19(22(21)24(29)30)15-32-25(31)27-13-1-2-14-27/h3-8,10-11,19,21-22H,1-2,9,12-15H2,(H,29,30)/t19-,21?,22?/m0/s1. The van der Waals surface area contributed by atoms with Crippen molar-refractivity contribution in [2.24, 2.45) is 17.8 Å². The number of Topliss-reactive ketones (excluding diaryl/α,β-unsaturated/α-hetero) is 1. The maximum atomic E-state index is 13.2.